The van der Waals surface area contributed by atoms with E-state index in [1.165, 1.54) is 13.8 Å². The lowest BCUT2D eigenvalue weighted by Crippen LogP contribution is -2.63. The summed E-state index contributed by atoms with van der Waals surface area (Å²) in [6.45, 7) is 8.61. The Bertz CT molecular complexity index is 1090. The van der Waals surface area contributed by atoms with Crippen molar-refractivity contribution in [3.05, 3.63) is 0 Å². The van der Waals surface area contributed by atoms with Crippen molar-refractivity contribution in [2.24, 2.45) is 17.4 Å². The highest BCUT2D eigenvalue weighted by Crippen LogP contribution is 2.17. The van der Waals surface area contributed by atoms with E-state index >= 15 is 0 Å². The van der Waals surface area contributed by atoms with Crippen LogP contribution in [0.3, 0.4) is 0 Å². The van der Waals surface area contributed by atoms with Crippen molar-refractivity contribution in [1.82, 2.24) is 26.2 Å². The fraction of sp³-hybridized carbons (Fsp3) is 0.759. The molecule has 0 aliphatic carbocycles. The van der Waals surface area contributed by atoms with E-state index in [4.69, 9.17) is 16.6 Å². The number of amides is 5. The first-order chi connectivity index (χ1) is 21.8. The van der Waals surface area contributed by atoms with Crippen LogP contribution < -0.4 is 32.7 Å². The molecular formula is C29H53N7O11. The summed E-state index contributed by atoms with van der Waals surface area (Å²) in [7, 11) is 0. The Kier molecular flexibility index (Phi) is 19.4. The molecule has 0 saturated carbocycles. The molecule has 0 saturated heterocycles. The van der Waals surface area contributed by atoms with E-state index in [1.54, 1.807) is 27.7 Å². The molecule has 12 N–H and O–H groups in total. The quantitative estimate of drug-likeness (QED) is 0.0512. The lowest BCUT2D eigenvalue weighted by atomic mass is 10.0. The van der Waals surface area contributed by atoms with E-state index in [-0.39, 0.29) is 25.3 Å². The number of carboxylic acid groups (broad SMARTS) is 2. The van der Waals surface area contributed by atoms with Gasteiger partial charge in [0.1, 0.15) is 30.2 Å². The summed E-state index contributed by atoms with van der Waals surface area (Å²) in [6, 6.07) is -9.15. The van der Waals surface area contributed by atoms with E-state index in [2.05, 4.69) is 21.3 Å². The Morgan fingerprint density at radius 2 is 1.34 bits per heavy atom. The molecule has 47 heavy (non-hydrogen) atoms. The largest absolute Gasteiger partial charge is 0.481 e. The second-order valence-electron chi connectivity index (χ2n) is 12.1. The Morgan fingerprint density at radius 1 is 0.766 bits per heavy atom. The number of hydrogen-bond donors (Lipinski definition) is 10. The second-order valence-corrected chi connectivity index (χ2v) is 12.1. The van der Waals surface area contributed by atoms with Crippen LogP contribution in [0.25, 0.3) is 0 Å². The first-order valence-electron chi connectivity index (χ1n) is 15.5. The summed E-state index contributed by atoms with van der Waals surface area (Å²) in [6.07, 6.45) is -1.21. The van der Waals surface area contributed by atoms with Gasteiger partial charge in [0.15, 0.2) is 0 Å². The molecule has 0 radical (unpaired) electrons. The van der Waals surface area contributed by atoms with E-state index in [9.17, 15) is 48.9 Å². The molecule has 0 unspecified atom stereocenters. The van der Waals surface area contributed by atoms with Gasteiger partial charge in [-0.15, -0.1) is 0 Å². The highest BCUT2D eigenvalue weighted by Gasteiger charge is 2.39. The molecular weight excluding hydrogens is 622 g/mol. The van der Waals surface area contributed by atoms with Gasteiger partial charge in [0.2, 0.25) is 29.5 Å². The van der Waals surface area contributed by atoms with Crippen molar-refractivity contribution in [2.45, 2.75) is 122 Å². The van der Waals surface area contributed by atoms with Crippen LogP contribution in [0.2, 0.25) is 0 Å². The maximum atomic E-state index is 13.8. The van der Waals surface area contributed by atoms with Crippen LogP contribution in [0.5, 0.6) is 0 Å². The maximum absolute atomic E-state index is 13.8. The van der Waals surface area contributed by atoms with Gasteiger partial charge in [0.05, 0.1) is 25.2 Å². The molecule has 0 aliphatic rings. The summed E-state index contributed by atoms with van der Waals surface area (Å²) in [5.74, 6) is -7.24. The topological polar surface area (TPSA) is 304 Å². The molecule has 0 rings (SSSR count). The predicted octanol–water partition coefficient (Wildman–Crippen LogP) is -3.01. The molecule has 18 heteroatoms. The van der Waals surface area contributed by atoms with Crippen molar-refractivity contribution < 1.29 is 54.0 Å². The molecule has 270 valence electrons. The van der Waals surface area contributed by atoms with Gasteiger partial charge in [-0.05, 0) is 65.8 Å². The average Bonchev–Trinajstić information content (AvgIpc) is 2.95. The molecule has 0 aromatic heterocycles. The van der Waals surface area contributed by atoms with Gasteiger partial charge in [0, 0.05) is 6.04 Å². The van der Waals surface area contributed by atoms with Gasteiger partial charge >= 0.3 is 11.9 Å². The Balaban J connectivity index is 6.05. The Labute approximate surface area is 274 Å². The molecule has 0 heterocycles. The molecule has 0 spiro atoms. The summed E-state index contributed by atoms with van der Waals surface area (Å²) < 4.78 is 0. The van der Waals surface area contributed by atoms with Crippen LogP contribution in [-0.4, -0.2) is 128 Å². The van der Waals surface area contributed by atoms with Crippen molar-refractivity contribution in [3.8, 4) is 0 Å². The molecule has 7 atom stereocenters. The zero-order chi connectivity index (χ0) is 36.6. The number of aliphatic hydroxyl groups is 2. The third-order valence-electron chi connectivity index (χ3n) is 7.05. The molecule has 0 aromatic carbocycles. The van der Waals surface area contributed by atoms with E-state index in [0.29, 0.717) is 12.8 Å². The van der Waals surface area contributed by atoms with Crippen LogP contribution in [0.4, 0.5) is 0 Å². The van der Waals surface area contributed by atoms with E-state index < -0.39 is 103 Å². The fourth-order valence-electron chi connectivity index (χ4n) is 4.57. The van der Waals surface area contributed by atoms with Crippen molar-refractivity contribution in [2.75, 3.05) is 13.2 Å². The first kappa shape index (κ1) is 43.1. The highest BCUT2D eigenvalue weighted by molar-refractivity contribution is 5.96. The number of carbonyl (C=O) groups excluding carboxylic acids is 5. The lowest BCUT2D eigenvalue weighted by Gasteiger charge is -2.38. The monoisotopic (exact) mass is 675 g/mol. The number of unbranched alkanes of at least 4 members (excludes halogenated alkanes) is 1. The molecule has 18 nitrogen and oxygen atoms in total. The average molecular weight is 676 g/mol. The van der Waals surface area contributed by atoms with Crippen molar-refractivity contribution >= 4 is 41.5 Å². The number of nitrogens with zero attached hydrogens (tertiary/aromatic N) is 1. The molecule has 0 bridgehead atoms. The summed E-state index contributed by atoms with van der Waals surface area (Å²) in [5, 5.41) is 47.8. The van der Waals surface area contributed by atoms with Crippen LogP contribution >= 0.6 is 0 Å². The Morgan fingerprint density at radius 3 is 1.79 bits per heavy atom. The molecule has 5 amide bonds. The zero-order valence-corrected chi connectivity index (χ0v) is 27.9. The van der Waals surface area contributed by atoms with Crippen LogP contribution in [0.15, 0.2) is 0 Å². The molecule has 0 fully saturated rings. The minimum Gasteiger partial charge on any atom is -0.481 e. The number of nitrogens with two attached hydrogens (primary N) is 2. The van der Waals surface area contributed by atoms with Crippen molar-refractivity contribution in [3.63, 3.8) is 0 Å². The summed E-state index contributed by atoms with van der Waals surface area (Å²) in [4.78, 5) is 89.2. The van der Waals surface area contributed by atoms with E-state index in [1.807, 2.05) is 0 Å². The second kappa shape index (κ2) is 21.1. The van der Waals surface area contributed by atoms with Gasteiger partial charge in [-0.3, -0.25) is 28.8 Å². The third kappa shape index (κ3) is 15.1. The smallest absolute Gasteiger partial charge is 0.326 e. The third-order valence-corrected chi connectivity index (χ3v) is 7.05. The Hall–Kier alpha value is -3.87. The van der Waals surface area contributed by atoms with Crippen LogP contribution in [0, 0.1) is 5.92 Å². The van der Waals surface area contributed by atoms with Gasteiger partial charge in [-0.2, -0.15) is 0 Å². The number of aliphatic carboxylic acids is 2. The fourth-order valence-corrected chi connectivity index (χ4v) is 4.57. The lowest BCUT2D eigenvalue weighted by molar-refractivity contribution is -0.148. The SMILES string of the molecule is CC(C)C[C@H](NC(=O)[C@H](CO)NC(=O)[C@H](C)NC(=O)[C@H](CCCCN)N(C(=O)[C@@H](NC(=O)[C@@H](N)CC(=O)O)[C@@H](C)O)C(C)C)C(=O)O. The summed E-state index contributed by atoms with van der Waals surface area (Å²) >= 11 is 0. The van der Waals surface area contributed by atoms with Gasteiger partial charge < -0.3 is 58.1 Å². The van der Waals surface area contributed by atoms with E-state index in [0.717, 1.165) is 4.90 Å². The maximum Gasteiger partial charge on any atom is 0.326 e. The van der Waals surface area contributed by atoms with Crippen molar-refractivity contribution in [1.29, 1.82) is 0 Å². The molecule has 0 aliphatic heterocycles. The van der Waals surface area contributed by atoms with Gasteiger partial charge in [0.25, 0.3) is 0 Å². The number of rotatable bonds is 22. The van der Waals surface area contributed by atoms with Gasteiger partial charge in [-0.25, -0.2) is 4.79 Å². The van der Waals surface area contributed by atoms with Crippen LogP contribution in [-0.2, 0) is 33.6 Å². The van der Waals surface area contributed by atoms with Crippen LogP contribution in [0.1, 0.15) is 73.6 Å². The molecule has 0 aromatic rings. The minimum absolute atomic E-state index is 0.0639. The minimum atomic E-state index is -1.61. The predicted molar refractivity (Wildman–Crippen MR) is 168 cm³/mol. The number of aliphatic hydroxyl groups excluding tert-OH is 2. The first-order valence-corrected chi connectivity index (χ1v) is 15.5. The number of carbonyl (C=O) groups is 7. The number of hydrogen-bond acceptors (Lipinski definition) is 11. The zero-order valence-electron chi connectivity index (χ0n) is 27.9. The number of nitrogens with one attached hydrogen (secondary N) is 4. The highest BCUT2D eigenvalue weighted by atomic mass is 16.4. The standard InChI is InChI=1S/C29H53N7O11/c1-14(2)11-19(29(46)47)33-26(43)20(13-37)34-24(41)16(5)32-27(44)21(9-7-8-10-30)36(15(3)4)28(45)23(17(6)38)35-25(42)18(31)12-22(39)40/h14-21,23,37-38H,7-13,30-31H2,1-6H3,(H,32,44)(H,33,43)(H,34,41)(H,35,42)(H,39,40)(H,46,47)/t16-,17+,18-,19-,20-,21-,23-/m0/s1. The number of carboxylic acids is 2. The normalized spacial score (nSPS) is 15.7. The van der Waals surface area contributed by atoms with Gasteiger partial charge in [-0.1, -0.05) is 13.8 Å². The summed E-state index contributed by atoms with van der Waals surface area (Å²) in [5.41, 5.74) is 11.2.